The number of aromatic amines is 1. The summed E-state index contributed by atoms with van der Waals surface area (Å²) in [6, 6.07) is 13.3. The van der Waals surface area contributed by atoms with Crippen LogP contribution in [0.25, 0.3) is 10.9 Å². The number of rotatable bonds is 11. The number of nitrogens with zero attached hydrogens (tertiary/aromatic N) is 1. The molecule has 0 aliphatic heterocycles. The Balaban J connectivity index is 1.26. The SMILES string of the molecule is Cc1ncsc1CCOc1c(Br)cc(Br)cc1CNCCCNc1cc(=O)c2ccccc2[nH]1. The van der Waals surface area contributed by atoms with E-state index in [4.69, 9.17) is 4.74 Å². The number of thiazole rings is 1. The zero-order valence-corrected chi connectivity index (χ0v) is 22.8. The van der Waals surface area contributed by atoms with Crippen molar-refractivity contribution in [3.63, 3.8) is 0 Å². The van der Waals surface area contributed by atoms with Crippen LogP contribution in [-0.4, -0.2) is 29.7 Å². The van der Waals surface area contributed by atoms with Crippen LogP contribution in [0.3, 0.4) is 0 Å². The van der Waals surface area contributed by atoms with Crippen LogP contribution in [0.1, 0.15) is 22.6 Å². The number of para-hydroxylation sites is 1. The van der Waals surface area contributed by atoms with E-state index in [1.165, 1.54) is 4.88 Å². The summed E-state index contributed by atoms with van der Waals surface area (Å²) in [5.41, 5.74) is 4.91. The highest BCUT2D eigenvalue weighted by atomic mass is 79.9. The van der Waals surface area contributed by atoms with Crippen molar-refractivity contribution >= 4 is 59.9 Å². The van der Waals surface area contributed by atoms with E-state index >= 15 is 0 Å². The minimum atomic E-state index is 0.0215. The fourth-order valence-electron chi connectivity index (χ4n) is 3.67. The summed E-state index contributed by atoms with van der Waals surface area (Å²) >= 11 is 8.89. The maximum atomic E-state index is 12.2. The summed E-state index contributed by atoms with van der Waals surface area (Å²) in [6.45, 7) is 4.91. The van der Waals surface area contributed by atoms with Gasteiger partial charge in [-0.15, -0.1) is 11.3 Å². The van der Waals surface area contributed by atoms with Gasteiger partial charge >= 0.3 is 0 Å². The van der Waals surface area contributed by atoms with Crippen LogP contribution in [0.5, 0.6) is 5.75 Å². The summed E-state index contributed by atoms with van der Waals surface area (Å²) < 4.78 is 8.09. The molecular weight excluding hydrogens is 580 g/mol. The Morgan fingerprint density at radius 2 is 2.00 bits per heavy atom. The Kier molecular flexibility index (Phi) is 8.77. The van der Waals surface area contributed by atoms with E-state index in [1.54, 1.807) is 17.4 Å². The van der Waals surface area contributed by atoms with Gasteiger partial charge in [0, 0.05) is 45.9 Å². The molecule has 0 saturated heterocycles. The third kappa shape index (κ3) is 6.47. The molecule has 0 amide bonds. The molecule has 178 valence electrons. The lowest BCUT2D eigenvalue weighted by molar-refractivity contribution is 0.316. The van der Waals surface area contributed by atoms with Gasteiger partial charge in [0.2, 0.25) is 0 Å². The van der Waals surface area contributed by atoms with Crippen LogP contribution < -0.4 is 20.8 Å². The third-order valence-electron chi connectivity index (χ3n) is 5.40. The number of benzene rings is 2. The second-order valence-corrected chi connectivity index (χ2v) is 10.6. The fourth-order valence-corrected chi connectivity index (χ4v) is 5.86. The van der Waals surface area contributed by atoms with Crippen LogP contribution in [0.15, 0.2) is 61.7 Å². The summed E-state index contributed by atoms with van der Waals surface area (Å²) in [5, 5.41) is 7.51. The monoisotopic (exact) mass is 604 g/mol. The third-order valence-corrected chi connectivity index (χ3v) is 7.45. The Labute approximate surface area is 219 Å². The molecule has 2 aromatic heterocycles. The topological polar surface area (TPSA) is 79.0 Å². The number of aryl methyl sites for hydroxylation is 1. The van der Waals surface area contributed by atoms with Crippen LogP contribution in [0, 0.1) is 6.92 Å². The second kappa shape index (κ2) is 12.0. The van der Waals surface area contributed by atoms with E-state index in [0.717, 1.165) is 63.2 Å². The largest absolute Gasteiger partial charge is 0.492 e. The van der Waals surface area contributed by atoms with E-state index in [-0.39, 0.29) is 5.43 Å². The van der Waals surface area contributed by atoms with Crippen molar-refractivity contribution in [2.45, 2.75) is 26.3 Å². The lowest BCUT2D eigenvalue weighted by Crippen LogP contribution is -2.19. The lowest BCUT2D eigenvalue weighted by Gasteiger charge is -2.15. The van der Waals surface area contributed by atoms with Gasteiger partial charge in [0.05, 0.1) is 27.8 Å². The highest BCUT2D eigenvalue weighted by Crippen LogP contribution is 2.33. The average molecular weight is 606 g/mol. The maximum Gasteiger partial charge on any atom is 0.191 e. The van der Waals surface area contributed by atoms with Crippen LogP contribution in [-0.2, 0) is 13.0 Å². The number of anilines is 1. The van der Waals surface area contributed by atoms with Crippen molar-refractivity contribution in [1.82, 2.24) is 15.3 Å². The molecule has 6 nitrogen and oxygen atoms in total. The molecular formula is C25H26Br2N4O2S. The molecule has 0 saturated carbocycles. The number of ether oxygens (including phenoxy) is 1. The van der Waals surface area contributed by atoms with Gasteiger partial charge in [-0.05, 0) is 60.1 Å². The number of aromatic nitrogens is 2. The normalized spacial score (nSPS) is 11.1. The Morgan fingerprint density at radius 3 is 2.82 bits per heavy atom. The van der Waals surface area contributed by atoms with Gasteiger partial charge in [-0.3, -0.25) is 4.79 Å². The van der Waals surface area contributed by atoms with Crippen molar-refractivity contribution in [2.75, 3.05) is 25.0 Å². The number of H-pyrrole nitrogens is 1. The molecule has 4 rings (SSSR count). The van der Waals surface area contributed by atoms with Gasteiger partial charge in [0.1, 0.15) is 11.6 Å². The van der Waals surface area contributed by atoms with Crippen LogP contribution in [0.4, 0.5) is 5.82 Å². The van der Waals surface area contributed by atoms with Crippen LogP contribution in [0.2, 0.25) is 0 Å². The average Bonchev–Trinajstić information content (AvgIpc) is 3.22. The van der Waals surface area contributed by atoms with Gasteiger partial charge in [-0.2, -0.15) is 0 Å². The van der Waals surface area contributed by atoms with E-state index in [9.17, 15) is 4.79 Å². The number of hydrogen-bond acceptors (Lipinski definition) is 6. The Hall–Kier alpha value is -2.20. The first-order valence-corrected chi connectivity index (χ1v) is 13.5. The number of halogens is 2. The van der Waals surface area contributed by atoms with Crippen molar-refractivity contribution in [1.29, 1.82) is 0 Å². The highest BCUT2D eigenvalue weighted by molar-refractivity contribution is 9.11. The Bertz CT molecular complexity index is 1320. The number of nitrogens with one attached hydrogen (secondary N) is 3. The molecule has 3 N–H and O–H groups in total. The fraction of sp³-hybridized carbons (Fsp3) is 0.280. The molecule has 0 bridgehead atoms. The quantitative estimate of drug-likeness (QED) is 0.182. The Morgan fingerprint density at radius 1 is 1.15 bits per heavy atom. The molecule has 34 heavy (non-hydrogen) atoms. The molecule has 2 heterocycles. The first-order chi connectivity index (χ1) is 16.5. The van der Waals surface area contributed by atoms with Crippen molar-refractivity contribution < 1.29 is 4.74 Å². The van der Waals surface area contributed by atoms with Crippen molar-refractivity contribution in [3.05, 3.63) is 83.3 Å². The van der Waals surface area contributed by atoms with Crippen LogP contribution >= 0.6 is 43.2 Å². The lowest BCUT2D eigenvalue weighted by atomic mass is 10.2. The molecule has 0 spiro atoms. The van der Waals surface area contributed by atoms with E-state index < -0.39 is 0 Å². The van der Waals surface area contributed by atoms with E-state index in [1.807, 2.05) is 42.8 Å². The molecule has 0 radical (unpaired) electrons. The molecule has 2 aromatic carbocycles. The predicted octanol–water partition coefficient (Wildman–Crippen LogP) is 6.03. The summed E-state index contributed by atoms with van der Waals surface area (Å²) in [6.07, 6.45) is 1.75. The highest BCUT2D eigenvalue weighted by Gasteiger charge is 2.11. The number of fused-ring (bicyclic) bond motifs is 1. The van der Waals surface area contributed by atoms with Crippen molar-refractivity contribution in [2.24, 2.45) is 0 Å². The van der Waals surface area contributed by atoms with E-state index in [2.05, 4.69) is 58.5 Å². The molecule has 0 unspecified atom stereocenters. The zero-order valence-electron chi connectivity index (χ0n) is 18.8. The minimum Gasteiger partial charge on any atom is -0.492 e. The van der Waals surface area contributed by atoms with Gasteiger partial charge in [0.15, 0.2) is 5.43 Å². The zero-order chi connectivity index (χ0) is 23.9. The standard InChI is InChI=1S/C25H26Br2N4O2S/c1-16-23(34-15-30-16)7-10-33-25-17(11-18(26)12-20(25)27)14-28-8-4-9-29-24-13-22(32)19-5-2-3-6-21(19)31-24/h2-3,5-6,11-13,15,28H,4,7-10,14H2,1H3,(H2,29,31,32). The smallest absolute Gasteiger partial charge is 0.191 e. The van der Waals surface area contributed by atoms with Crippen molar-refractivity contribution in [3.8, 4) is 5.75 Å². The molecule has 4 aromatic rings. The molecule has 0 fully saturated rings. The van der Waals surface area contributed by atoms with Gasteiger partial charge < -0.3 is 20.4 Å². The second-order valence-electron chi connectivity index (χ2n) is 7.89. The van der Waals surface area contributed by atoms with E-state index in [0.29, 0.717) is 18.5 Å². The summed E-state index contributed by atoms with van der Waals surface area (Å²) in [7, 11) is 0. The molecule has 0 atom stereocenters. The molecule has 9 heteroatoms. The maximum absolute atomic E-state index is 12.2. The number of pyridine rings is 1. The minimum absolute atomic E-state index is 0.0215. The molecule has 0 aliphatic rings. The van der Waals surface area contributed by atoms with Gasteiger partial charge in [-0.1, -0.05) is 28.1 Å². The van der Waals surface area contributed by atoms with Gasteiger partial charge in [-0.25, -0.2) is 4.98 Å². The first kappa shape index (κ1) is 24.9. The van der Waals surface area contributed by atoms with Gasteiger partial charge in [0.25, 0.3) is 0 Å². The first-order valence-electron chi connectivity index (χ1n) is 11.1. The summed E-state index contributed by atoms with van der Waals surface area (Å²) in [4.78, 5) is 21.1. The predicted molar refractivity (Wildman–Crippen MR) is 147 cm³/mol. The number of hydrogen-bond donors (Lipinski definition) is 3. The molecule has 0 aliphatic carbocycles. The summed E-state index contributed by atoms with van der Waals surface area (Å²) in [5.74, 6) is 1.61.